The van der Waals surface area contributed by atoms with E-state index >= 15 is 0 Å². The van der Waals surface area contributed by atoms with Crippen molar-refractivity contribution in [1.82, 2.24) is 5.32 Å². The Kier molecular flexibility index (Phi) is 5.15. The summed E-state index contributed by atoms with van der Waals surface area (Å²) in [7, 11) is -3.65. The first kappa shape index (κ1) is 20.0. The third kappa shape index (κ3) is 4.04. The predicted octanol–water partition coefficient (Wildman–Crippen LogP) is 4.19. The van der Waals surface area contributed by atoms with Crippen LogP contribution in [-0.2, 0) is 20.2 Å². The van der Waals surface area contributed by atoms with Gasteiger partial charge < -0.3 is 5.32 Å². The maximum Gasteiger partial charge on any atom is 0.261 e. The third-order valence-electron chi connectivity index (χ3n) is 6.35. The minimum Gasteiger partial charge on any atom is -0.353 e. The Bertz CT molecular complexity index is 1020. The molecule has 2 fully saturated rings. The number of benzene rings is 2. The average molecular weight is 413 g/mol. The normalized spacial score (nSPS) is 18.4. The summed E-state index contributed by atoms with van der Waals surface area (Å²) in [6.07, 6.45) is 6.21. The highest BCUT2D eigenvalue weighted by atomic mass is 32.2. The summed E-state index contributed by atoms with van der Waals surface area (Å²) < 4.78 is 28.0. The smallest absolute Gasteiger partial charge is 0.261 e. The van der Waals surface area contributed by atoms with Gasteiger partial charge in [0.1, 0.15) is 0 Å². The fourth-order valence-corrected chi connectivity index (χ4v) is 5.26. The molecule has 0 heterocycles. The number of amides is 1. The Morgan fingerprint density at radius 2 is 1.62 bits per heavy atom. The molecular weight excluding hydrogens is 384 g/mol. The minimum atomic E-state index is -3.65. The Morgan fingerprint density at radius 1 is 0.966 bits per heavy atom. The SMILES string of the molecule is Cc1ccc(S(=O)(=O)Nc2ccc(C3(C(=O)NC4CCCC4)CC3)cc2)cc1C. The van der Waals surface area contributed by atoms with E-state index in [0.717, 1.165) is 42.4 Å². The second-order valence-corrected chi connectivity index (χ2v) is 10.1. The highest BCUT2D eigenvalue weighted by Gasteiger charge is 2.51. The van der Waals surface area contributed by atoms with E-state index in [9.17, 15) is 13.2 Å². The highest BCUT2D eigenvalue weighted by Crippen LogP contribution is 2.49. The maximum atomic E-state index is 12.8. The van der Waals surface area contributed by atoms with E-state index < -0.39 is 15.4 Å². The molecule has 2 aliphatic carbocycles. The minimum absolute atomic E-state index is 0.118. The van der Waals surface area contributed by atoms with Crippen LogP contribution in [0.3, 0.4) is 0 Å². The molecule has 0 aliphatic heterocycles. The van der Waals surface area contributed by atoms with E-state index in [1.807, 2.05) is 32.0 Å². The number of rotatable bonds is 6. The number of hydrogen-bond donors (Lipinski definition) is 2. The van der Waals surface area contributed by atoms with Crippen molar-refractivity contribution in [2.45, 2.75) is 68.7 Å². The lowest BCUT2D eigenvalue weighted by Crippen LogP contribution is -2.40. The molecule has 0 spiro atoms. The summed E-state index contributed by atoms with van der Waals surface area (Å²) in [6.45, 7) is 3.85. The molecule has 0 unspecified atom stereocenters. The van der Waals surface area contributed by atoms with Gasteiger partial charge in [-0.05, 0) is 80.5 Å². The van der Waals surface area contributed by atoms with Gasteiger partial charge in [0.25, 0.3) is 10.0 Å². The zero-order chi connectivity index (χ0) is 20.6. The molecule has 2 aromatic carbocycles. The summed E-state index contributed by atoms with van der Waals surface area (Å²) in [5.41, 5.74) is 3.01. The first-order valence-corrected chi connectivity index (χ1v) is 11.8. The van der Waals surface area contributed by atoms with Crippen LogP contribution in [0.25, 0.3) is 0 Å². The van der Waals surface area contributed by atoms with E-state index in [2.05, 4.69) is 10.0 Å². The van der Waals surface area contributed by atoms with Gasteiger partial charge in [-0.1, -0.05) is 31.0 Å². The zero-order valence-corrected chi connectivity index (χ0v) is 17.8. The Balaban J connectivity index is 1.47. The topological polar surface area (TPSA) is 75.3 Å². The largest absolute Gasteiger partial charge is 0.353 e. The van der Waals surface area contributed by atoms with Crippen molar-refractivity contribution >= 4 is 21.6 Å². The molecule has 0 atom stereocenters. The van der Waals surface area contributed by atoms with Crippen molar-refractivity contribution in [3.05, 3.63) is 59.2 Å². The van der Waals surface area contributed by atoms with Crippen LogP contribution < -0.4 is 10.0 Å². The fourth-order valence-electron chi connectivity index (χ4n) is 4.12. The molecule has 0 saturated heterocycles. The van der Waals surface area contributed by atoms with Crippen molar-refractivity contribution in [3.8, 4) is 0 Å². The van der Waals surface area contributed by atoms with Crippen LogP contribution in [0.1, 0.15) is 55.2 Å². The van der Waals surface area contributed by atoms with Crippen molar-refractivity contribution in [3.63, 3.8) is 0 Å². The van der Waals surface area contributed by atoms with Gasteiger partial charge in [-0.3, -0.25) is 9.52 Å². The molecule has 2 aliphatic rings. The van der Waals surface area contributed by atoms with Gasteiger partial charge in [-0.25, -0.2) is 8.42 Å². The van der Waals surface area contributed by atoms with E-state index in [4.69, 9.17) is 0 Å². The van der Waals surface area contributed by atoms with Crippen LogP contribution in [0.2, 0.25) is 0 Å². The lowest BCUT2D eigenvalue weighted by molar-refractivity contribution is -0.124. The van der Waals surface area contributed by atoms with Crippen LogP contribution in [0, 0.1) is 13.8 Å². The monoisotopic (exact) mass is 412 g/mol. The van der Waals surface area contributed by atoms with Crippen LogP contribution >= 0.6 is 0 Å². The summed E-state index contributed by atoms with van der Waals surface area (Å²) in [6, 6.07) is 12.7. The summed E-state index contributed by atoms with van der Waals surface area (Å²) in [5, 5.41) is 3.21. The van der Waals surface area contributed by atoms with Crippen molar-refractivity contribution in [1.29, 1.82) is 0 Å². The fraction of sp³-hybridized carbons (Fsp3) is 0.435. The molecule has 2 saturated carbocycles. The van der Waals surface area contributed by atoms with Gasteiger partial charge in [-0.2, -0.15) is 0 Å². The van der Waals surface area contributed by atoms with Gasteiger partial charge in [0, 0.05) is 11.7 Å². The lowest BCUT2D eigenvalue weighted by Gasteiger charge is -2.20. The van der Waals surface area contributed by atoms with Crippen molar-refractivity contribution in [2.75, 3.05) is 4.72 Å². The zero-order valence-electron chi connectivity index (χ0n) is 17.0. The van der Waals surface area contributed by atoms with Gasteiger partial charge in [0.2, 0.25) is 5.91 Å². The Morgan fingerprint density at radius 3 is 2.21 bits per heavy atom. The van der Waals surface area contributed by atoms with Gasteiger partial charge in [-0.15, -0.1) is 0 Å². The number of carbonyl (C=O) groups is 1. The van der Waals surface area contributed by atoms with Crippen LogP contribution in [0.4, 0.5) is 5.69 Å². The molecule has 4 rings (SSSR count). The standard InChI is InChI=1S/C23H28N2O3S/c1-16-7-12-21(15-17(16)2)29(27,28)25-20-10-8-18(9-11-20)23(13-14-23)22(26)24-19-5-3-4-6-19/h7-12,15,19,25H,3-6,13-14H2,1-2H3,(H,24,26). The van der Waals surface area contributed by atoms with Crippen LogP contribution in [0.5, 0.6) is 0 Å². The van der Waals surface area contributed by atoms with E-state index in [1.165, 1.54) is 12.8 Å². The molecule has 0 bridgehead atoms. The molecule has 154 valence electrons. The van der Waals surface area contributed by atoms with Gasteiger partial charge in [0.05, 0.1) is 10.3 Å². The third-order valence-corrected chi connectivity index (χ3v) is 7.73. The number of nitrogens with one attached hydrogen (secondary N) is 2. The number of aryl methyl sites for hydroxylation is 2. The van der Waals surface area contributed by atoms with E-state index in [-0.39, 0.29) is 10.8 Å². The molecule has 2 aromatic rings. The number of carbonyl (C=O) groups excluding carboxylic acids is 1. The Labute approximate surface area is 173 Å². The molecule has 29 heavy (non-hydrogen) atoms. The number of anilines is 1. The summed E-state index contributed by atoms with van der Waals surface area (Å²) in [5.74, 6) is 0.118. The Hall–Kier alpha value is -2.34. The summed E-state index contributed by atoms with van der Waals surface area (Å²) >= 11 is 0. The average Bonchev–Trinajstić information content (AvgIpc) is 3.35. The molecule has 2 N–H and O–H groups in total. The quantitative estimate of drug-likeness (QED) is 0.747. The van der Waals surface area contributed by atoms with E-state index in [1.54, 1.807) is 24.3 Å². The van der Waals surface area contributed by atoms with E-state index in [0.29, 0.717) is 11.7 Å². The number of hydrogen-bond acceptors (Lipinski definition) is 3. The first-order chi connectivity index (χ1) is 13.8. The molecule has 6 heteroatoms. The molecule has 5 nitrogen and oxygen atoms in total. The van der Waals surface area contributed by atoms with Crippen LogP contribution in [0.15, 0.2) is 47.4 Å². The maximum absolute atomic E-state index is 12.8. The first-order valence-electron chi connectivity index (χ1n) is 10.3. The highest BCUT2D eigenvalue weighted by molar-refractivity contribution is 7.92. The number of sulfonamides is 1. The lowest BCUT2D eigenvalue weighted by atomic mass is 9.94. The van der Waals surface area contributed by atoms with Crippen LogP contribution in [-0.4, -0.2) is 20.4 Å². The van der Waals surface area contributed by atoms with Crippen molar-refractivity contribution in [2.24, 2.45) is 0 Å². The summed E-state index contributed by atoms with van der Waals surface area (Å²) in [4.78, 5) is 13.1. The molecular formula is C23H28N2O3S. The molecule has 1 amide bonds. The molecule has 0 aromatic heterocycles. The predicted molar refractivity (Wildman–Crippen MR) is 114 cm³/mol. The van der Waals surface area contributed by atoms with Crippen molar-refractivity contribution < 1.29 is 13.2 Å². The second-order valence-electron chi connectivity index (χ2n) is 8.47. The molecule has 0 radical (unpaired) electrons. The van der Waals surface area contributed by atoms with Gasteiger partial charge >= 0.3 is 0 Å². The van der Waals surface area contributed by atoms with Gasteiger partial charge in [0.15, 0.2) is 0 Å². The second kappa shape index (κ2) is 7.48.